The third-order valence-electron chi connectivity index (χ3n) is 7.58. The summed E-state index contributed by atoms with van der Waals surface area (Å²) in [5.74, 6) is 0.259. The summed E-state index contributed by atoms with van der Waals surface area (Å²) in [5, 5.41) is 3.65. The first kappa shape index (κ1) is 21.5. The number of carbonyl (C=O) groups excluding carboxylic acids is 2. The van der Waals surface area contributed by atoms with E-state index in [-0.39, 0.29) is 40.5 Å². The first-order valence-electron chi connectivity index (χ1n) is 10.7. The fourth-order valence-corrected chi connectivity index (χ4v) is 6.67. The number of alkyl halides is 1. The molecule has 1 aromatic carbocycles. The zero-order valence-electron chi connectivity index (χ0n) is 17.3. The molecule has 160 valence electrons. The molecule has 0 radical (unpaired) electrons. The summed E-state index contributed by atoms with van der Waals surface area (Å²) < 4.78 is 0. The molecule has 2 unspecified atom stereocenters. The lowest BCUT2D eigenvalue weighted by Crippen LogP contribution is -2.45. The van der Waals surface area contributed by atoms with Crippen LogP contribution in [0.5, 0.6) is 0 Å². The Balaban J connectivity index is 1.82. The van der Waals surface area contributed by atoms with Crippen molar-refractivity contribution in [3.05, 3.63) is 58.1 Å². The Morgan fingerprint density at radius 3 is 2.57 bits per heavy atom. The van der Waals surface area contributed by atoms with Crippen LogP contribution in [0.15, 0.2) is 47.6 Å². The molecule has 0 aromatic heterocycles. The summed E-state index contributed by atoms with van der Waals surface area (Å²) in [5.41, 5.74) is 8.00. The number of halogens is 2. The van der Waals surface area contributed by atoms with Crippen LogP contribution in [0.3, 0.4) is 0 Å². The van der Waals surface area contributed by atoms with Crippen LogP contribution in [0.1, 0.15) is 51.0 Å². The van der Waals surface area contributed by atoms with E-state index in [1.807, 2.05) is 24.3 Å². The van der Waals surface area contributed by atoms with Gasteiger partial charge in [0.15, 0.2) is 0 Å². The van der Waals surface area contributed by atoms with Crippen LogP contribution in [0.25, 0.3) is 0 Å². The normalized spacial score (nSPS) is 35.9. The second kappa shape index (κ2) is 8.05. The summed E-state index contributed by atoms with van der Waals surface area (Å²) in [6.07, 6.45) is 6.79. The molecular weight excluding hydrogens is 419 g/mol. The van der Waals surface area contributed by atoms with Crippen LogP contribution in [-0.2, 0) is 9.59 Å². The van der Waals surface area contributed by atoms with Crippen LogP contribution in [-0.4, -0.2) is 23.2 Å². The van der Waals surface area contributed by atoms with Crippen LogP contribution < -0.4 is 11.1 Å². The van der Waals surface area contributed by atoms with Gasteiger partial charge in [0.25, 0.3) is 0 Å². The standard InChI is InChI=1S/C24H28Cl2N2O2/c1-3-24-11-10-18(17-9-6-15(22(27)29)12-19(17)26)20(14-4-7-16(25)8-5-14)21(24)13(2)28-23(24)30/h4-9,13,18-21H,3,10-12H2,1-2H3,(H2,27,29)(H,28,30)/t13?,18-,19?,20-,21-,24+/m0/s1. The Hall–Kier alpha value is -1.78. The molecule has 1 aliphatic heterocycles. The van der Waals surface area contributed by atoms with Gasteiger partial charge in [-0.25, -0.2) is 0 Å². The number of allylic oxidation sites excluding steroid dienone is 3. The highest BCUT2D eigenvalue weighted by Crippen LogP contribution is 2.59. The van der Waals surface area contributed by atoms with E-state index in [9.17, 15) is 9.59 Å². The zero-order chi connectivity index (χ0) is 21.6. The maximum atomic E-state index is 13.0. The monoisotopic (exact) mass is 446 g/mol. The van der Waals surface area contributed by atoms with Gasteiger partial charge >= 0.3 is 0 Å². The summed E-state index contributed by atoms with van der Waals surface area (Å²) >= 11 is 13.0. The number of fused-ring (bicyclic) bond motifs is 1. The summed E-state index contributed by atoms with van der Waals surface area (Å²) in [7, 11) is 0. The highest BCUT2D eigenvalue weighted by molar-refractivity contribution is 6.30. The molecular formula is C24H28Cl2N2O2. The highest BCUT2D eigenvalue weighted by Gasteiger charge is 2.59. The zero-order valence-corrected chi connectivity index (χ0v) is 18.8. The first-order valence-corrected chi connectivity index (χ1v) is 11.5. The van der Waals surface area contributed by atoms with Crippen molar-refractivity contribution in [2.45, 2.75) is 56.9 Å². The molecule has 2 fully saturated rings. The van der Waals surface area contributed by atoms with E-state index in [0.29, 0.717) is 17.0 Å². The molecule has 1 saturated heterocycles. The van der Waals surface area contributed by atoms with E-state index in [1.165, 1.54) is 5.56 Å². The van der Waals surface area contributed by atoms with Crippen LogP contribution in [0, 0.1) is 17.3 Å². The SMILES string of the molecule is CC[C@@]12CC[C@@H](C3=CC=C(C(N)=O)CC3Cl)[C@H](c3ccc(Cl)cc3)[C@@H]1C(C)NC2=O. The first-order chi connectivity index (χ1) is 14.3. The van der Waals surface area contributed by atoms with Gasteiger partial charge in [0, 0.05) is 22.6 Å². The predicted molar refractivity (Wildman–Crippen MR) is 120 cm³/mol. The number of nitrogens with two attached hydrogens (primary N) is 1. The second-order valence-corrected chi connectivity index (χ2v) is 9.88. The number of hydrogen-bond acceptors (Lipinski definition) is 2. The van der Waals surface area contributed by atoms with Gasteiger partial charge in [-0.15, -0.1) is 11.6 Å². The van der Waals surface area contributed by atoms with Crippen molar-refractivity contribution in [1.82, 2.24) is 5.32 Å². The molecule has 1 heterocycles. The van der Waals surface area contributed by atoms with Gasteiger partial charge in [-0.1, -0.05) is 42.8 Å². The van der Waals surface area contributed by atoms with Crippen molar-refractivity contribution in [3.63, 3.8) is 0 Å². The molecule has 3 N–H and O–H groups in total. The largest absolute Gasteiger partial charge is 0.366 e. The average Bonchev–Trinajstić information content (AvgIpc) is 2.98. The van der Waals surface area contributed by atoms with E-state index in [4.69, 9.17) is 28.9 Å². The number of benzene rings is 1. The Morgan fingerprint density at radius 1 is 1.27 bits per heavy atom. The Bertz CT molecular complexity index is 924. The van der Waals surface area contributed by atoms with Crippen LogP contribution >= 0.6 is 23.2 Å². The minimum absolute atomic E-state index is 0.0793. The molecule has 0 bridgehead atoms. The van der Waals surface area contributed by atoms with E-state index >= 15 is 0 Å². The average molecular weight is 447 g/mol. The molecule has 6 heteroatoms. The summed E-state index contributed by atoms with van der Waals surface area (Å²) in [6.45, 7) is 4.24. The molecule has 3 aliphatic rings. The molecule has 6 atom stereocenters. The molecule has 2 aliphatic carbocycles. The molecule has 30 heavy (non-hydrogen) atoms. The third-order valence-corrected chi connectivity index (χ3v) is 8.24. The van der Waals surface area contributed by atoms with Crippen molar-refractivity contribution in [2.24, 2.45) is 23.0 Å². The van der Waals surface area contributed by atoms with Gasteiger partial charge in [0.1, 0.15) is 0 Å². The van der Waals surface area contributed by atoms with Crippen molar-refractivity contribution in [3.8, 4) is 0 Å². The van der Waals surface area contributed by atoms with Crippen LogP contribution in [0.2, 0.25) is 5.02 Å². The molecule has 0 spiro atoms. The minimum Gasteiger partial charge on any atom is -0.366 e. The van der Waals surface area contributed by atoms with Crippen molar-refractivity contribution in [1.29, 1.82) is 0 Å². The van der Waals surface area contributed by atoms with Gasteiger partial charge in [-0.05, 0) is 67.7 Å². The number of primary amides is 1. The van der Waals surface area contributed by atoms with Gasteiger partial charge in [-0.3, -0.25) is 9.59 Å². The predicted octanol–water partition coefficient (Wildman–Crippen LogP) is 4.71. The van der Waals surface area contributed by atoms with E-state index in [0.717, 1.165) is 24.8 Å². The number of amides is 2. The van der Waals surface area contributed by atoms with Gasteiger partial charge in [0.05, 0.1) is 10.8 Å². The molecule has 2 amide bonds. The van der Waals surface area contributed by atoms with Gasteiger partial charge in [0.2, 0.25) is 11.8 Å². The van der Waals surface area contributed by atoms with Crippen molar-refractivity contribution in [2.75, 3.05) is 0 Å². The maximum Gasteiger partial charge on any atom is 0.244 e. The quantitative estimate of drug-likeness (QED) is 0.656. The number of hydrogen-bond donors (Lipinski definition) is 2. The fraction of sp³-hybridized carbons (Fsp3) is 0.500. The maximum absolute atomic E-state index is 13.0. The summed E-state index contributed by atoms with van der Waals surface area (Å²) in [4.78, 5) is 24.7. The van der Waals surface area contributed by atoms with Crippen molar-refractivity contribution < 1.29 is 9.59 Å². The summed E-state index contributed by atoms with van der Waals surface area (Å²) in [6, 6.07) is 8.08. The topological polar surface area (TPSA) is 72.2 Å². The second-order valence-electron chi connectivity index (χ2n) is 8.91. The number of rotatable bonds is 4. The molecule has 4 nitrogen and oxygen atoms in total. The molecule has 1 saturated carbocycles. The lowest BCUT2D eigenvalue weighted by molar-refractivity contribution is -0.131. The Labute approximate surface area is 187 Å². The van der Waals surface area contributed by atoms with Crippen LogP contribution in [0.4, 0.5) is 0 Å². The van der Waals surface area contributed by atoms with Gasteiger partial charge < -0.3 is 11.1 Å². The lowest BCUT2D eigenvalue weighted by atomic mass is 9.53. The number of carbonyl (C=O) groups is 2. The highest BCUT2D eigenvalue weighted by atomic mass is 35.5. The fourth-order valence-electron chi connectivity index (χ4n) is 6.14. The third kappa shape index (κ3) is 3.38. The van der Waals surface area contributed by atoms with E-state index in [1.54, 1.807) is 0 Å². The number of nitrogens with one attached hydrogen (secondary N) is 1. The molecule has 1 aromatic rings. The van der Waals surface area contributed by atoms with Gasteiger partial charge in [-0.2, -0.15) is 0 Å². The lowest BCUT2D eigenvalue weighted by Gasteiger charge is -2.48. The van der Waals surface area contributed by atoms with E-state index < -0.39 is 5.91 Å². The molecule has 4 rings (SSSR count). The van der Waals surface area contributed by atoms with E-state index in [2.05, 4.69) is 31.3 Å². The minimum atomic E-state index is -0.418. The van der Waals surface area contributed by atoms with Crippen molar-refractivity contribution >= 4 is 35.0 Å². The Kier molecular flexibility index (Phi) is 5.75. The Morgan fingerprint density at radius 2 is 1.97 bits per heavy atom. The smallest absolute Gasteiger partial charge is 0.244 e.